The molecule has 5 nitrogen and oxygen atoms in total. The Kier molecular flexibility index (Phi) is 5.60. The monoisotopic (exact) mass is 270 g/mol. The third kappa shape index (κ3) is 3.91. The lowest BCUT2D eigenvalue weighted by Crippen LogP contribution is -2.62. The van der Waals surface area contributed by atoms with Crippen molar-refractivity contribution in [2.45, 2.75) is 57.9 Å². The zero-order valence-corrected chi connectivity index (χ0v) is 12.1. The third-order valence-electron chi connectivity index (χ3n) is 3.98. The van der Waals surface area contributed by atoms with Crippen LogP contribution in [0.3, 0.4) is 0 Å². The Morgan fingerprint density at radius 1 is 1.26 bits per heavy atom. The normalized spacial score (nSPS) is 28.3. The van der Waals surface area contributed by atoms with Gasteiger partial charge in [0.1, 0.15) is 0 Å². The van der Waals surface area contributed by atoms with Crippen LogP contribution >= 0.6 is 0 Å². The summed E-state index contributed by atoms with van der Waals surface area (Å²) in [6.45, 7) is 6.38. The van der Waals surface area contributed by atoms with Gasteiger partial charge in [0.25, 0.3) is 0 Å². The summed E-state index contributed by atoms with van der Waals surface area (Å²) in [6.07, 6.45) is 4.51. The average Bonchev–Trinajstić information content (AvgIpc) is 2.39. The molecule has 1 N–H and O–H groups in total. The molecule has 2 atom stereocenters. The number of nitrogens with zero attached hydrogens (tertiary/aromatic N) is 1. The van der Waals surface area contributed by atoms with E-state index in [9.17, 15) is 4.79 Å². The van der Waals surface area contributed by atoms with E-state index in [2.05, 4.69) is 10.2 Å². The van der Waals surface area contributed by atoms with Crippen molar-refractivity contribution in [1.82, 2.24) is 10.2 Å². The Morgan fingerprint density at radius 2 is 1.95 bits per heavy atom. The first-order chi connectivity index (χ1) is 9.24. The first-order valence-corrected chi connectivity index (χ1v) is 7.51. The quantitative estimate of drug-likeness (QED) is 0.735. The highest BCUT2D eigenvalue weighted by atomic mass is 16.7. The van der Waals surface area contributed by atoms with Gasteiger partial charge < -0.3 is 14.8 Å². The zero-order chi connectivity index (χ0) is 13.7. The van der Waals surface area contributed by atoms with Gasteiger partial charge in [0.05, 0.1) is 13.1 Å². The molecule has 1 saturated heterocycles. The summed E-state index contributed by atoms with van der Waals surface area (Å²) in [6, 6.07) is 0.772. The molecule has 0 unspecified atom stereocenters. The van der Waals surface area contributed by atoms with Gasteiger partial charge in [-0.15, -0.1) is 0 Å². The van der Waals surface area contributed by atoms with Crippen LogP contribution in [0.2, 0.25) is 0 Å². The number of amides is 1. The van der Waals surface area contributed by atoms with Crippen LogP contribution in [0.15, 0.2) is 0 Å². The van der Waals surface area contributed by atoms with Crippen LogP contribution < -0.4 is 5.32 Å². The van der Waals surface area contributed by atoms with E-state index in [1.165, 1.54) is 12.8 Å². The third-order valence-corrected chi connectivity index (χ3v) is 3.98. The van der Waals surface area contributed by atoms with Crippen molar-refractivity contribution in [3.63, 3.8) is 0 Å². The summed E-state index contributed by atoms with van der Waals surface area (Å²) in [5, 5.41) is 3.12. The standard InChI is InChI=1S/C14H26N2O3/c1-3-18-14(19-4-2)10-16-9-13(17)15-11-7-5-6-8-12(11)16/h11-12,14H,3-10H2,1-2H3,(H,15,17)/t11-,12-/m0/s1. The predicted molar refractivity (Wildman–Crippen MR) is 72.8 cm³/mol. The molecule has 1 aliphatic carbocycles. The molecule has 0 aromatic carbocycles. The fourth-order valence-electron chi connectivity index (χ4n) is 3.19. The minimum atomic E-state index is -0.219. The highest BCUT2D eigenvalue weighted by Crippen LogP contribution is 2.26. The van der Waals surface area contributed by atoms with Gasteiger partial charge in [0.2, 0.25) is 5.91 Å². The smallest absolute Gasteiger partial charge is 0.234 e. The van der Waals surface area contributed by atoms with E-state index in [4.69, 9.17) is 9.47 Å². The molecule has 0 radical (unpaired) electrons. The summed E-state index contributed by atoms with van der Waals surface area (Å²) in [7, 11) is 0. The van der Waals surface area contributed by atoms with Crippen LogP contribution in [0.1, 0.15) is 39.5 Å². The van der Waals surface area contributed by atoms with E-state index in [1.807, 2.05) is 13.8 Å². The fourth-order valence-corrected chi connectivity index (χ4v) is 3.19. The molecular formula is C14H26N2O3. The highest BCUT2D eigenvalue weighted by Gasteiger charge is 2.37. The van der Waals surface area contributed by atoms with Crippen molar-refractivity contribution < 1.29 is 14.3 Å². The lowest BCUT2D eigenvalue weighted by molar-refractivity contribution is -0.158. The van der Waals surface area contributed by atoms with Crippen molar-refractivity contribution in [1.29, 1.82) is 0 Å². The zero-order valence-electron chi connectivity index (χ0n) is 12.1. The lowest BCUT2D eigenvalue weighted by Gasteiger charge is -2.44. The van der Waals surface area contributed by atoms with Gasteiger partial charge in [-0.25, -0.2) is 0 Å². The van der Waals surface area contributed by atoms with Gasteiger partial charge >= 0.3 is 0 Å². The van der Waals surface area contributed by atoms with Gasteiger partial charge in [-0.1, -0.05) is 12.8 Å². The highest BCUT2D eigenvalue weighted by molar-refractivity contribution is 5.79. The summed E-state index contributed by atoms with van der Waals surface area (Å²) >= 11 is 0. The number of nitrogens with one attached hydrogen (secondary N) is 1. The molecule has 0 aromatic rings. The molecule has 0 bridgehead atoms. The number of hydrogen-bond acceptors (Lipinski definition) is 4. The fraction of sp³-hybridized carbons (Fsp3) is 0.929. The second-order valence-corrected chi connectivity index (χ2v) is 5.30. The van der Waals surface area contributed by atoms with Crippen LogP contribution in [0.4, 0.5) is 0 Å². The largest absolute Gasteiger partial charge is 0.352 e. The molecule has 5 heteroatoms. The van der Waals surface area contributed by atoms with Crippen LogP contribution in [0.25, 0.3) is 0 Å². The van der Waals surface area contributed by atoms with Crippen molar-refractivity contribution in [2.75, 3.05) is 26.3 Å². The number of carbonyl (C=O) groups excluding carboxylic acids is 1. The van der Waals surface area contributed by atoms with Crippen LogP contribution in [0.5, 0.6) is 0 Å². The van der Waals surface area contributed by atoms with Crippen molar-refractivity contribution >= 4 is 5.91 Å². The minimum Gasteiger partial charge on any atom is -0.352 e. The molecule has 1 amide bonds. The summed E-state index contributed by atoms with van der Waals surface area (Å²) in [4.78, 5) is 14.0. The molecule has 2 fully saturated rings. The van der Waals surface area contributed by atoms with E-state index >= 15 is 0 Å². The SMILES string of the molecule is CCOC(CN1CC(=O)N[C@H]2CCCC[C@@H]21)OCC. The minimum absolute atomic E-state index is 0.134. The number of piperazine rings is 1. The summed E-state index contributed by atoms with van der Waals surface area (Å²) in [5.41, 5.74) is 0. The predicted octanol–water partition coefficient (Wildman–Crippen LogP) is 1.13. The number of carbonyl (C=O) groups is 1. The molecule has 0 aromatic heterocycles. The van der Waals surface area contributed by atoms with Gasteiger partial charge in [-0.2, -0.15) is 0 Å². The topological polar surface area (TPSA) is 50.8 Å². The molecule has 1 heterocycles. The maximum Gasteiger partial charge on any atom is 0.234 e. The number of rotatable bonds is 6. The first kappa shape index (κ1) is 14.8. The van der Waals surface area contributed by atoms with Gasteiger partial charge in [-0.3, -0.25) is 9.69 Å². The first-order valence-electron chi connectivity index (χ1n) is 7.51. The Hall–Kier alpha value is -0.650. The maximum atomic E-state index is 11.8. The molecule has 2 aliphatic rings. The van der Waals surface area contributed by atoms with Crippen molar-refractivity contribution in [3.05, 3.63) is 0 Å². The number of ether oxygens (including phenoxy) is 2. The molecule has 0 spiro atoms. The lowest BCUT2D eigenvalue weighted by atomic mass is 9.87. The summed E-state index contributed by atoms with van der Waals surface area (Å²) < 4.78 is 11.2. The number of fused-ring (bicyclic) bond motifs is 1. The molecule has 19 heavy (non-hydrogen) atoms. The number of hydrogen-bond donors (Lipinski definition) is 1. The molecular weight excluding hydrogens is 244 g/mol. The van der Waals surface area contributed by atoms with E-state index < -0.39 is 0 Å². The van der Waals surface area contributed by atoms with Gasteiger partial charge in [0.15, 0.2) is 6.29 Å². The average molecular weight is 270 g/mol. The molecule has 1 saturated carbocycles. The van der Waals surface area contributed by atoms with Gasteiger partial charge in [-0.05, 0) is 26.7 Å². The van der Waals surface area contributed by atoms with E-state index in [-0.39, 0.29) is 12.2 Å². The Balaban J connectivity index is 1.96. The van der Waals surface area contributed by atoms with Crippen molar-refractivity contribution in [3.8, 4) is 0 Å². The van der Waals surface area contributed by atoms with Crippen LogP contribution in [-0.2, 0) is 14.3 Å². The van der Waals surface area contributed by atoms with Gasteiger partial charge in [0, 0.05) is 25.3 Å². The summed E-state index contributed by atoms with van der Waals surface area (Å²) in [5.74, 6) is 0.134. The second-order valence-electron chi connectivity index (χ2n) is 5.30. The Morgan fingerprint density at radius 3 is 2.63 bits per heavy atom. The molecule has 2 rings (SSSR count). The molecule has 110 valence electrons. The molecule has 1 aliphatic heterocycles. The van der Waals surface area contributed by atoms with Crippen molar-refractivity contribution in [2.24, 2.45) is 0 Å². The van der Waals surface area contributed by atoms with E-state index in [1.54, 1.807) is 0 Å². The Bertz CT molecular complexity index is 292. The van der Waals surface area contributed by atoms with E-state index in [0.717, 1.165) is 12.8 Å². The second kappa shape index (κ2) is 7.22. The Labute approximate surface area is 115 Å². The van der Waals surface area contributed by atoms with Crippen LogP contribution in [0, 0.1) is 0 Å². The maximum absolute atomic E-state index is 11.8. The van der Waals surface area contributed by atoms with E-state index in [0.29, 0.717) is 38.4 Å². The van der Waals surface area contributed by atoms with Crippen LogP contribution in [-0.4, -0.2) is 55.5 Å².